The smallest absolute Gasteiger partial charge is 0.215 e. The highest BCUT2D eigenvalue weighted by molar-refractivity contribution is 7.88. The lowest BCUT2D eigenvalue weighted by Crippen LogP contribution is -2.40. The maximum Gasteiger partial charge on any atom is 0.215 e. The summed E-state index contributed by atoms with van der Waals surface area (Å²) in [6, 6.07) is 6.67. The summed E-state index contributed by atoms with van der Waals surface area (Å²) in [4.78, 5) is 2.59. The van der Waals surface area contributed by atoms with Crippen LogP contribution in [0.2, 0.25) is 0 Å². The van der Waals surface area contributed by atoms with E-state index in [1.54, 1.807) is 0 Å². The second-order valence-electron chi connectivity index (χ2n) is 6.45. The van der Waals surface area contributed by atoms with Crippen LogP contribution in [0.3, 0.4) is 0 Å². The topological polar surface area (TPSA) is 49.4 Å². The minimum absolute atomic E-state index is 0.0843. The number of hydrogen-bond donors (Lipinski definition) is 1. The Morgan fingerprint density at radius 1 is 1.22 bits per heavy atom. The van der Waals surface area contributed by atoms with Gasteiger partial charge in [-0.15, -0.1) is 0 Å². The van der Waals surface area contributed by atoms with Gasteiger partial charge in [-0.05, 0) is 68.9 Å². The summed E-state index contributed by atoms with van der Waals surface area (Å²) in [7, 11) is -1.74. The second kappa shape index (κ2) is 8.27. The van der Waals surface area contributed by atoms with Gasteiger partial charge in [-0.2, -0.15) is 0 Å². The van der Waals surface area contributed by atoms with Crippen LogP contribution in [-0.2, 0) is 28.6 Å². The third-order valence-corrected chi connectivity index (χ3v) is 6.06. The maximum atomic E-state index is 12.0. The van der Waals surface area contributed by atoms with Gasteiger partial charge in [0.15, 0.2) is 0 Å². The summed E-state index contributed by atoms with van der Waals surface area (Å²) in [6.45, 7) is 6.71. The summed E-state index contributed by atoms with van der Waals surface area (Å²) in [5.74, 6) is 0.0843. The van der Waals surface area contributed by atoms with Gasteiger partial charge in [-0.3, -0.25) is 0 Å². The Morgan fingerprint density at radius 2 is 1.91 bits per heavy atom. The van der Waals surface area contributed by atoms with Crippen LogP contribution >= 0.6 is 0 Å². The standard InChI is InChI=1S/C18H30N2O2S/c1-4-11-20(12-5-2)17-10-9-15-7-6-8-16(18(15)13-17)14-23(21,22)19-3/h6-8,17,19H,4-5,9-14H2,1-3H3/t17-/m1/s1. The molecule has 1 atom stereocenters. The van der Waals surface area contributed by atoms with Crippen molar-refractivity contribution in [1.29, 1.82) is 0 Å². The molecule has 1 aliphatic rings. The Kier molecular flexibility index (Phi) is 6.62. The monoisotopic (exact) mass is 338 g/mol. The van der Waals surface area contributed by atoms with Crippen LogP contribution < -0.4 is 4.72 Å². The molecule has 1 aromatic carbocycles. The van der Waals surface area contributed by atoms with E-state index in [-0.39, 0.29) is 5.75 Å². The molecule has 0 saturated heterocycles. The van der Waals surface area contributed by atoms with Crippen molar-refractivity contribution < 1.29 is 8.42 Å². The van der Waals surface area contributed by atoms with Gasteiger partial charge in [0.2, 0.25) is 10.0 Å². The van der Waals surface area contributed by atoms with Gasteiger partial charge in [0.25, 0.3) is 0 Å². The van der Waals surface area contributed by atoms with Crippen LogP contribution in [0.5, 0.6) is 0 Å². The zero-order chi connectivity index (χ0) is 16.9. The minimum Gasteiger partial charge on any atom is -0.300 e. The van der Waals surface area contributed by atoms with Crippen LogP contribution in [0.25, 0.3) is 0 Å². The quantitative estimate of drug-likeness (QED) is 0.793. The van der Waals surface area contributed by atoms with Gasteiger partial charge in [-0.25, -0.2) is 13.1 Å². The third kappa shape index (κ3) is 4.78. The molecule has 4 nitrogen and oxygen atoms in total. The van der Waals surface area contributed by atoms with Crippen molar-refractivity contribution in [2.24, 2.45) is 0 Å². The number of nitrogens with zero attached hydrogens (tertiary/aromatic N) is 1. The van der Waals surface area contributed by atoms with Crippen LogP contribution in [0, 0.1) is 0 Å². The van der Waals surface area contributed by atoms with E-state index >= 15 is 0 Å². The Labute approximate surface area is 141 Å². The highest BCUT2D eigenvalue weighted by atomic mass is 32.2. The van der Waals surface area contributed by atoms with Gasteiger partial charge >= 0.3 is 0 Å². The van der Waals surface area contributed by atoms with E-state index < -0.39 is 10.0 Å². The van der Waals surface area contributed by atoms with E-state index in [1.165, 1.54) is 37.4 Å². The number of rotatable bonds is 8. The molecule has 0 amide bonds. The molecular weight excluding hydrogens is 308 g/mol. The number of benzene rings is 1. The number of sulfonamides is 1. The average molecular weight is 339 g/mol. The van der Waals surface area contributed by atoms with E-state index in [4.69, 9.17) is 0 Å². The lowest BCUT2D eigenvalue weighted by molar-refractivity contribution is 0.180. The molecule has 5 heteroatoms. The molecule has 130 valence electrons. The average Bonchev–Trinajstić information content (AvgIpc) is 2.54. The van der Waals surface area contributed by atoms with Crippen LogP contribution in [-0.4, -0.2) is 39.5 Å². The van der Waals surface area contributed by atoms with Crippen LogP contribution in [0.15, 0.2) is 18.2 Å². The number of hydrogen-bond acceptors (Lipinski definition) is 3. The normalized spacial score (nSPS) is 18.2. The molecule has 1 N–H and O–H groups in total. The molecule has 23 heavy (non-hydrogen) atoms. The maximum absolute atomic E-state index is 12.0. The molecule has 0 aromatic heterocycles. The first-order valence-electron chi connectivity index (χ1n) is 8.75. The Balaban J connectivity index is 2.24. The van der Waals surface area contributed by atoms with E-state index in [0.717, 1.165) is 31.5 Å². The summed E-state index contributed by atoms with van der Waals surface area (Å²) < 4.78 is 26.3. The molecule has 2 rings (SSSR count). The molecule has 0 saturated carbocycles. The van der Waals surface area contributed by atoms with Crippen LogP contribution in [0.1, 0.15) is 49.8 Å². The van der Waals surface area contributed by atoms with Crippen molar-refractivity contribution in [1.82, 2.24) is 9.62 Å². The van der Waals surface area contributed by atoms with E-state index in [1.807, 2.05) is 12.1 Å². The highest BCUT2D eigenvalue weighted by Crippen LogP contribution is 2.28. The molecule has 0 unspecified atom stereocenters. The molecule has 1 aliphatic carbocycles. The van der Waals surface area contributed by atoms with Crippen molar-refractivity contribution in [2.75, 3.05) is 20.1 Å². The lowest BCUT2D eigenvalue weighted by Gasteiger charge is -2.35. The SMILES string of the molecule is CCCN(CCC)[C@@H]1CCc2cccc(CS(=O)(=O)NC)c2C1. The van der Waals surface area contributed by atoms with Crippen molar-refractivity contribution in [3.63, 3.8) is 0 Å². The predicted molar refractivity (Wildman–Crippen MR) is 96.1 cm³/mol. The third-order valence-electron chi connectivity index (χ3n) is 4.75. The van der Waals surface area contributed by atoms with E-state index in [0.29, 0.717) is 6.04 Å². The predicted octanol–water partition coefficient (Wildman–Crippen LogP) is 2.72. The largest absolute Gasteiger partial charge is 0.300 e. The Hall–Kier alpha value is -0.910. The fraction of sp³-hybridized carbons (Fsp3) is 0.667. The lowest BCUT2D eigenvalue weighted by atomic mass is 9.85. The van der Waals surface area contributed by atoms with Crippen molar-refractivity contribution in [3.8, 4) is 0 Å². The van der Waals surface area contributed by atoms with Gasteiger partial charge in [-0.1, -0.05) is 32.0 Å². The van der Waals surface area contributed by atoms with Gasteiger partial charge in [0, 0.05) is 6.04 Å². The molecule has 0 fully saturated rings. The van der Waals surface area contributed by atoms with Crippen molar-refractivity contribution in [2.45, 2.75) is 57.7 Å². The summed E-state index contributed by atoms with van der Waals surface area (Å²) in [5.41, 5.74) is 3.56. The van der Waals surface area contributed by atoms with Gasteiger partial charge in [0.1, 0.15) is 0 Å². The first-order chi connectivity index (χ1) is 11.0. The molecular formula is C18H30N2O2S. The first kappa shape index (κ1) is 18.4. The van der Waals surface area contributed by atoms with Gasteiger partial charge in [0.05, 0.1) is 5.75 Å². The molecule has 0 heterocycles. The minimum atomic E-state index is -3.23. The first-order valence-corrected chi connectivity index (χ1v) is 10.4. The number of nitrogens with one attached hydrogen (secondary N) is 1. The fourth-order valence-corrected chi connectivity index (χ4v) is 4.44. The molecule has 0 bridgehead atoms. The fourth-order valence-electron chi connectivity index (χ4n) is 3.62. The zero-order valence-electron chi connectivity index (χ0n) is 14.6. The number of aryl methyl sites for hydroxylation is 1. The molecule has 1 aromatic rings. The summed E-state index contributed by atoms with van der Waals surface area (Å²) in [6.07, 6.45) is 5.54. The van der Waals surface area contributed by atoms with E-state index in [9.17, 15) is 8.42 Å². The molecule has 0 radical (unpaired) electrons. The summed E-state index contributed by atoms with van der Waals surface area (Å²) >= 11 is 0. The zero-order valence-corrected chi connectivity index (χ0v) is 15.5. The van der Waals surface area contributed by atoms with E-state index in [2.05, 4.69) is 29.5 Å². The molecule has 0 aliphatic heterocycles. The van der Waals surface area contributed by atoms with Crippen molar-refractivity contribution in [3.05, 3.63) is 34.9 Å². The Bertz CT molecular complexity index is 607. The van der Waals surface area contributed by atoms with Crippen LogP contribution in [0.4, 0.5) is 0 Å². The Morgan fingerprint density at radius 3 is 2.52 bits per heavy atom. The summed E-state index contributed by atoms with van der Waals surface area (Å²) in [5, 5.41) is 0. The second-order valence-corrected chi connectivity index (χ2v) is 8.38. The van der Waals surface area contributed by atoms with Crippen molar-refractivity contribution >= 4 is 10.0 Å². The number of fused-ring (bicyclic) bond motifs is 1. The van der Waals surface area contributed by atoms with Gasteiger partial charge < -0.3 is 4.90 Å². The highest BCUT2D eigenvalue weighted by Gasteiger charge is 2.26. The molecule has 0 spiro atoms.